The highest BCUT2D eigenvalue weighted by Crippen LogP contribution is 2.26. The maximum atomic E-state index is 12.2. The van der Waals surface area contributed by atoms with E-state index in [1.807, 2.05) is 0 Å². The highest BCUT2D eigenvalue weighted by atomic mass is 16.1. The van der Waals surface area contributed by atoms with Crippen molar-refractivity contribution in [1.29, 1.82) is 0 Å². The van der Waals surface area contributed by atoms with Gasteiger partial charge in [-0.3, -0.25) is 4.79 Å². The van der Waals surface area contributed by atoms with Crippen LogP contribution >= 0.6 is 0 Å². The molecule has 20 heavy (non-hydrogen) atoms. The van der Waals surface area contributed by atoms with E-state index in [0.717, 1.165) is 6.42 Å². The van der Waals surface area contributed by atoms with E-state index in [0.29, 0.717) is 12.3 Å². The van der Waals surface area contributed by atoms with E-state index in [9.17, 15) is 4.79 Å². The fourth-order valence-electron chi connectivity index (χ4n) is 3.13. The van der Waals surface area contributed by atoms with Gasteiger partial charge in [-0.15, -0.1) is 0 Å². The monoisotopic (exact) mass is 273 g/mol. The summed E-state index contributed by atoms with van der Waals surface area (Å²) in [6.45, 7) is 4.22. The van der Waals surface area contributed by atoms with Crippen molar-refractivity contribution in [3.8, 4) is 0 Å². The molecule has 1 atom stereocenters. The SMILES string of the molecule is CCC(NC(=O)CC1CCCCC1)c1ccc(C)cc1. The van der Waals surface area contributed by atoms with E-state index in [-0.39, 0.29) is 11.9 Å². The van der Waals surface area contributed by atoms with Crippen LogP contribution in [0.1, 0.15) is 69.0 Å². The fourth-order valence-corrected chi connectivity index (χ4v) is 3.13. The van der Waals surface area contributed by atoms with E-state index in [1.165, 1.54) is 43.2 Å². The lowest BCUT2D eigenvalue weighted by atomic mass is 9.86. The van der Waals surface area contributed by atoms with Crippen LogP contribution < -0.4 is 5.32 Å². The summed E-state index contributed by atoms with van der Waals surface area (Å²) in [7, 11) is 0. The van der Waals surface area contributed by atoms with Crippen LogP contribution in [0.4, 0.5) is 0 Å². The predicted molar refractivity (Wildman–Crippen MR) is 83.5 cm³/mol. The summed E-state index contributed by atoms with van der Waals surface area (Å²) in [5.41, 5.74) is 2.48. The molecule has 0 spiro atoms. The molecule has 2 nitrogen and oxygen atoms in total. The highest BCUT2D eigenvalue weighted by Gasteiger charge is 2.19. The Bertz CT molecular complexity index is 418. The zero-order chi connectivity index (χ0) is 14.4. The normalized spacial score (nSPS) is 17.7. The van der Waals surface area contributed by atoms with Gasteiger partial charge in [0.05, 0.1) is 6.04 Å². The fraction of sp³-hybridized carbons (Fsp3) is 0.611. The minimum Gasteiger partial charge on any atom is -0.349 e. The van der Waals surface area contributed by atoms with Crippen molar-refractivity contribution in [2.24, 2.45) is 5.92 Å². The van der Waals surface area contributed by atoms with Gasteiger partial charge in [0.1, 0.15) is 0 Å². The van der Waals surface area contributed by atoms with Crippen molar-refractivity contribution >= 4 is 5.91 Å². The number of hydrogen-bond acceptors (Lipinski definition) is 1. The zero-order valence-electron chi connectivity index (χ0n) is 12.8. The van der Waals surface area contributed by atoms with Crippen LogP contribution in [0.2, 0.25) is 0 Å². The Labute approximate surface area is 123 Å². The number of rotatable bonds is 5. The van der Waals surface area contributed by atoms with Crippen LogP contribution in [0.3, 0.4) is 0 Å². The number of carbonyl (C=O) groups is 1. The molecule has 1 N–H and O–H groups in total. The summed E-state index contributed by atoms with van der Waals surface area (Å²) in [4.78, 5) is 12.2. The topological polar surface area (TPSA) is 29.1 Å². The van der Waals surface area contributed by atoms with Crippen LogP contribution in [0.25, 0.3) is 0 Å². The van der Waals surface area contributed by atoms with E-state index >= 15 is 0 Å². The Morgan fingerprint density at radius 2 is 1.85 bits per heavy atom. The molecule has 0 saturated heterocycles. The maximum Gasteiger partial charge on any atom is 0.220 e. The predicted octanol–water partition coefficient (Wildman–Crippen LogP) is 4.53. The second-order valence-electron chi connectivity index (χ2n) is 6.15. The Morgan fingerprint density at radius 1 is 1.20 bits per heavy atom. The quantitative estimate of drug-likeness (QED) is 0.839. The van der Waals surface area contributed by atoms with Crippen molar-refractivity contribution in [3.05, 3.63) is 35.4 Å². The number of benzene rings is 1. The van der Waals surface area contributed by atoms with Crippen LogP contribution in [0, 0.1) is 12.8 Å². The molecule has 0 radical (unpaired) electrons. The summed E-state index contributed by atoms with van der Waals surface area (Å²) < 4.78 is 0. The molecule has 0 bridgehead atoms. The molecular weight excluding hydrogens is 246 g/mol. The molecule has 1 amide bonds. The van der Waals surface area contributed by atoms with Gasteiger partial charge in [0.15, 0.2) is 0 Å². The Kier molecular flexibility index (Phi) is 5.63. The van der Waals surface area contributed by atoms with Crippen molar-refractivity contribution < 1.29 is 4.79 Å². The highest BCUT2D eigenvalue weighted by molar-refractivity contribution is 5.76. The van der Waals surface area contributed by atoms with Crippen molar-refractivity contribution in [3.63, 3.8) is 0 Å². The first-order chi connectivity index (χ1) is 9.69. The molecular formula is C18H27NO. The van der Waals surface area contributed by atoms with Crippen LogP contribution in [-0.2, 0) is 4.79 Å². The molecule has 0 aromatic heterocycles. The van der Waals surface area contributed by atoms with Gasteiger partial charge in [0.2, 0.25) is 5.91 Å². The number of amides is 1. The maximum absolute atomic E-state index is 12.2. The molecule has 0 aliphatic heterocycles. The van der Waals surface area contributed by atoms with E-state index in [4.69, 9.17) is 0 Å². The van der Waals surface area contributed by atoms with Crippen molar-refractivity contribution in [2.75, 3.05) is 0 Å². The summed E-state index contributed by atoms with van der Waals surface area (Å²) in [6.07, 6.45) is 8.06. The summed E-state index contributed by atoms with van der Waals surface area (Å²) in [5, 5.41) is 3.21. The third-order valence-corrected chi connectivity index (χ3v) is 4.42. The molecule has 1 aliphatic rings. The van der Waals surface area contributed by atoms with Gasteiger partial charge >= 0.3 is 0 Å². The van der Waals surface area contributed by atoms with E-state index < -0.39 is 0 Å². The smallest absolute Gasteiger partial charge is 0.220 e. The molecule has 2 heteroatoms. The average molecular weight is 273 g/mol. The Morgan fingerprint density at radius 3 is 2.45 bits per heavy atom. The second kappa shape index (κ2) is 7.47. The number of carbonyl (C=O) groups excluding carboxylic acids is 1. The van der Waals surface area contributed by atoms with Gasteiger partial charge in [-0.1, -0.05) is 56.0 Å². The molecule has 2 rings (SSSR count). The molecule has 1 aromatic carbocycles. The first-order valence-electron chi connectivity index (χ1n) is 8.05. The van der Waals surface area contributed by atoms with Crippen LogP contribution in [0.5, 0.6) is 0 Å². The van der Waals surface area contributed by atoms with Crippen LogP contribution in [-0.4, -0.2) is 5.91 Å². The molecule has 1 aromatic rings. The summed E-state index contributed by atoms with van der Waals surface area (Å²) >= 11 is 0. The minimum atomic E-state index is 0.159. The third-order valence-electron chi connectivity index (χ3n) is 4.42. The summed E-state index contributed by atoms with van der Waals surface area (Å²) in [6, 6.07) is 8.65. The number of aryl methyl sites for hydroxylation is 1. The first-order valence-corrected chi connectivity index (χ1v) is 8.05. The average Bonchev–Trinajstić information content (AvgIpc) is 2.47. The van der Waals surface area contributed by atoms with Gasteiger partial charge in [-0.25, -0.2) is 0 Å². The molecule has 110 valence electrons. The first kappa shape index (κ1) is 15.1. The molecule has 1 saturated carbocycles. The molecule has 1 unspecified atom stereocenters. The van der Waals surface area contributed by atoms with Gasteiger partial charge in [-0.05, 0) is 37.7 Å². The van der Waals surface area contributed by atoms with Crippen molar-refractivity contribution in [2.45, 2.75) is 64.8 Å². The Balaban J connectivity index is 1.88. The number of nitrogens with one attached hydrogen (secondary N) is 1. The largest absolute Gasteiger partial charge is 0.349 e. The standard InChI is InChI=1S/C18H27NO/c1-3-17(16-11-9-14(2)10-12-16)19-18(20)13-15-7-5-4-6-8-15/h9-12,15,17H,3-8,13H2,1-2H3,(H,19,20). The lowest BCUT2D eigenvalue weighted by Gasteiger charge is -2.23. The third kappa shape index (κ3) is 4.36. The molecule has 1 fully saturated rings. The lowest BCUT2D eigenvalue weighted by Crippen LogP contribution is -2.30. The minimum absolute atomic E-state index is 0.159. The van der Waals surface area contributed by atoms with Gasteiger partial charge in [0.25, 0.3) is 0 Å². The van der Waals surface area contributed by atoms with Gasteiger partial charge in [0, 0.05) is 6.42 Å². The van der Waals surface area contributed by atoms with Crippen molar-refractivity contribution in [1.82, 2.24) is 5.32 Å². The van der Waals surface area contributed by atoms with E-state index in [1.54, 1.807) is 0 Å². The summed E-state index contributed by atoms with van der Waals surface area (Å²) in [5.74, 6) is 0.837. The van der Waals surface area contributed by atoms with Gasteiger partial charge < -0.3 is 5.32 Å². The second-order valence-corrected chi connectivity index (χ2v) is 6.15. The lowest BCUT2D eigenvalue weighted by molar-refractivity contribution is -0.123. The van der Waals surface area contributed by atoms with Crippen LogP contribution in [0.15, 0.2) is 24.3 Å². The van der Waals surface area contributed by atoms with E-state index in [2.05, 4.69) is 43.4 Å². The number of hydrogen-bond donors (Lipinski definition) is 1. The zero-order valence-corrected chi connectivity index (χ0v) is 12.8. The molecule has 0 heterocycles. The molecule has 1 aliphatic carbocycles. The Hall–Kier alpha value is -1.31. The van der Waals surface area contributed by atoms with Gasteiger partial charge in [-0.2, -0.15) is 0 Å².